The van der Waals surface area contributed by atoms with E-state index in [4.69, 9.17) is 16.3 Å². The van der Waals surface area contributed by atoms with Gasteiger partial charge in [-0.2, -0.15) is 0 Å². The molecule has 0 aliphatic heterocycles. The summed E-state index contributed by atoms with van der Waals surface area (Å²) in [6.07, 6.45) is -0.583. The summed E-state index contributed by atoms with van der Waals surface area (Å²) in [7, 11) is 0. The minimum absolute atomic E-state index is 0.200. The molecule has 22 heavy (non-hydrogen) atoms. The van der Waals surface area contributed by atoms with Gasteiger partial charge < -0.3 is 14.9 Å². The van der Waals surface area contributed by atoms with Crippen molar-refractivity contribution in [1.82, 2.24) is 0 Å². The lowest BCUT2D eigenvalue weighted by atomic mass is 9.93. The number of aliphatic hydroxyl groups is 2. The number of benzene rings is 1. The average molecular weight is 394 g/mol. The second-order valence-corrected chi connectivity index (χ2v) is 7.73. The first-order valence-electron chi connectivity index (χ1n) is 7.01. The Bertz CT molecular complexity index is 537. The molecule has 0 aromatic heterocycles. The summed E-state index contributed by atoms with van der Waals surface area (Å²) >= 11 is 9.34. The van der Waals surface area contributed by atoms with Crippen LogP contribution in [0.1, 0.15) is 39.7 Å². The van der Waals surface area contributed by atoms with E-state index >= 15 is 0 Å². The number of aryl methyl sites for hydroxylation is 1. The van der Waals surface area contributed by atoms with E-state index in [1.165, 1.54) is 6.92 Å². The van der Waals surface area contributed by atoms with Crippen molar-refractivity contribution in [2.75, 3.05) is 0 Å². The van der Waals surface area contributed by atoms with Crippen LogP contribution in [-0.4, -0.2) is 33.5 Å². The smallest absolute Gasteiger partial charge is 0.341 e. The molecule has 4 nitrogen and oxygen atoms in total. The Morgan fingerprint density at radius 1 is 1.36 bits per heavy atom. The van der Waals surface area contributed by atoms with Crippen LogP contribution < -0.4 is 0 Å². The number of hydrogen-bond acceptors (Lipinski definition) is 4. The molecule has 0 bridgehead atoms. The Labute approximate surface area is 144 Å². The first-order valence-corrected chi connectivity index (χ1v) is 8.18. The molecule has 2 N–H and O–H groups in total. The Morgan fingerprint density at radius 3 is 2.50 bits per heavy atom. The van der Waals surface area contributed by atoms with Gasteiger partial charge in [-0.1, -0.05) is 27.5 Å². The van der Waals surface area contributed by atoms with Crippen molar-refractivity contribution in [3.8, 4) is 0 Å². The molecule has 0 heterocycles. The lowest BCUT2D eigenvalue weighted by molar-refractivity contribution is -0.186. The summed E-state index contributed by atoms with van der Waals surface area (Å²) in [6, 6.07) is 5.35. The molecule has 1 aromatic carbocycles. The zero-order chi connectivity index (χ0) is 17.1. The van der Waals surface area contributed by atoms with Crippen molar-refractivity contribution in [3.05, 3.63) is 33.3 Å². The van der Waals surface area contributed by atoms with Gasteiger partial charge in [0.2, 0.25) is 0 Å². The molecule has 0 aliphatic rings. The highest BCUT2D eigenvalue weighted by molar-refractivity contribution is 9.10. The summed E-state index contributed by atoms with van der Waals surface area (Å²) in [5.41, 5.74) is -1.79. The van der Waals surface area contributed by atoms with Crippen LogP contribution in [0.4, 0.5) is 0 Å². The van der Waals surface area contributed by atoms with E-state index < -0.39 is 23.3 Å². The fourth-order valence-corrected chi connectivity index (χ4v) is 2.47. The molecule has 1 aromatic rings. The normalized spacial score (nSPS) is 16.0. The molecular formula is C16H22BrClO4. The molecule has 6 heteroatoms. The fraction of sp³-hybridized carbons (Fsp3) is 0.562. The van der Waals surface area contributed by atoms with E-state index in [-0.39, 0.29) is 6.42 Å². The standard InChI is InChI=1S/C16H22BrClO4/c1-15(2,3)22-14(20)16(4,21)13(19)8-5-10-9-11(18)6-7-12(10)17/h6-7,9,13,19,21H,5,8H2,1-4H3/t13-,16+/m1/s1. The van der Waals surface area contributed by atoms with Gasteiger partial charge in [0, 0.05) is 9.50 Å². The zero-order valence-corrected chi connectivity index (χ0v) is 15.5. The first kappa shape index (κ1) is 19.4. The van der Waals surface area contributed by atoms with Crippen LogP contribution in [0.25, 0.3) is 0 Å². The van der Waals surface area contributed by atoms with Crippen LogP contribution in [0.15, 0.2) is 22.7 Å². The van der Waals surface area contributed by atoms with Crippen molar-refractivity contribution in [2.45, 2.75) is 57.8 Å². The van der Waals surface area contributed by atoms with Gasteiger partial charge in [-0.3, -0.25) is 0 Å². The molecule has 0 saturated carbocycles. The van der Waals surface area contributed by atoms with Gasteiger partial charge in [0.15, 0.2) is 5.60 Å². The van der Waals surface area contributed by atoms with Crippen LogP contribution in [-0.2, 0) is 16.0 Å². The highest BCUT2D eigenvalue weighted by Crippen LogP contribution is 2.25. The molecule has 0 saturated heterocycles. The minimum atomic E-state index is -1.96. The average Bonchev–Trinajstić information content (AvgIpc) is 2.37. The SMILES string of the molecule is CC(C)(C)OC(=O)[C@@](C)(O)[C@H](O)CCc1cc(Cl)ccc1Br. The maximum absolute atomic E-state index is 12.0. The molecule has 2 atom stereocenters. The van der Waals surface area contributed by atoms with Crippen molar-refractivity contribution in [3.63, 3.8) is 0 Å². The highest BCUT2D eigenvalue weighted by Gasteiger charge is 2.41. The number of aliphatic hydroxyl groups excluding tert-OH is 1. The second kappa shape index (κ2) is 7.30. The predicted octanol–water partition coefficient (Wildman–Crippen LogP) is 3.49. The van der Waals surface area contributed by atoms with Crippen molar-refractivity contribution in [1.29, 1.82) is 0 Å². The fourth-order valence-electron chi connectivity index (χ4n) is 1.83. The maximum atomic E-state index is 12.0. The monoisotopic (exact) mass is 392 g/mol. The van der Waals surface area contributed by atoms with Crippen molar-refractivity contribution >= 4 is 33.5 Å². The number of esters is 1. The number of carbonyl (C=O) groups excluding carboxylic acids is 1. The van der Waals surface area contributed by atoms with Crippen molar-refractivity contribution < 1.29 is 19.7 Å². The summed E-state index contributed by atoms with van der Waals surface area (Å²) < 4.78 is 6.00. The molecular weight excluding hydrogens is 372 g/mol. The van der Waals surface area contributed by atoms with Gasteiger partial charge in [0.25, 0.3) is 0 Å². The summed E-state index contributed by atoms with van der Waals surface area (Å²) in [4.78, 5) is 12.0. The third kappa shape index (κ3) is 5.54. The van der Waals surface area contributed by atoms with E-state index in [0.29, 0.717) is 11.4 Å². The van der Waals surface area contributed by atoms with E-state index in [1.54, 1.807) is 32.9 Å². The molecule has 0 unspecified atom stereocenters. The molecule has 0 amide bonds. The number of hydrogen-bond donors (Lipinski definition) is 2. The maximum Gasteiger partial charge on any atom is 0.341 e. The first-order chi connectivity index (χ1) is 9.93. The lowest BCUT2D eigenvalue weighted by Gasteiger charge is -2.30. The molecule has 0 fully saturated rings. The summed E-state index contributed by atoms with van der Waals surface area (Å²) in [5, 5.41) is 21.0. The highest BCUT2D eigenvalue weighted by atomic mass is 79.9. The van der Waals surface area contributed by atoms with Gasteiger partial charge in [-0.15, -0.1) is 0 Å². The molecule has 1 rings (SSSR count). The number of rotatable bonds is 5. The number of carbonyl (C=O) groups is 1. The number of ether oxygens (including phenoxy) is 1. The van der Waals surface area contributed by atoms with Gasteiger partial charge in [-0.05, 0) is 64.3 Å². The molecule has 124 valence electrons. The predicted molar refractivity (Wildman–Crippen MR) is 89.9 cm³/mol. The lowest BCUT2D eigenvalue weighted by Crippen LogP contribution is -2.50. The van der Waals surface area contributed by atoms with Gasteiger partial charge in [0.05, 0.1) is 6.10 Å². The third-order valence-corrected chi connectivity index (χ3v) is 4.16. The van der Waals surface area contributed by atoms with Gasteiger partial charge >= 0.3 is 5.97 Å². The largest absolute Gasteiger partial charge is 0.458 e. The molecule has 0 radical (unpaired) electrons. The Kier molecular flexibility index (Phi) is 6.45. The molecule has 0 spiro atoms. The second-order valence-electron chi connectivity index (χ2n) is 6.44. The van der Waals surface area contributed by atoms with E-state index in [1.807, 2.05) is 6.07 Å². The Hall–Kier alpha value is -0.620. The summed E-state index contributed by atoms with van der Waals surface area (Å²) in [6.45, 7) is 6.38. The topological polar surface area (TPSA) is 66.8 Å². The van der Waals surface area contributed by atoms with Crippen LogP contribution >= 0.6 is 27.5 Å². The van der Waals surface area contributed by atoms with E-state index in [2.05, 4.69) is 15.9 Å². The minimum Gasteiger partial charge on any atom is -0.458 e. The van der Waals surface area contributed by atoms with Crippen LogP contribution in [0.2, 0.25) is 5.02 Å². The number of halogens is 2. The van der Waals surface area contributed by atoms with Gasteiger partial charge in [-0.25, -0.2) is 4.79 Å². The Balaban J connectivity index is 2.72. The van der Waals surface area contributed by atoms with Crippen LogP contribution in [0, 0.1) is 0 Å². The van der Waals surface area contributed by atoms with E-state index in [0.717, 1.165) is 10.0 Å². The van der Waals surface area contributed by atoms with Gasteiger partial charge in [0.1, 0.15) is 5.60 Å². The van der Waals surface area contributed by atoms with Crippen LogP contribution in [0.3, 0.4) is 0 Å². The third-order valence-electron chi connectivity index (χ3n) is 3.16. The van der Waals surface area contributed by atoms with E-state index in [9.17, 15) is 15.0 Å². The quantitative estimate of drug-likeness (QED) is 0.752. The van der Waals surface area contributed by atoms with Crippen LogP contribution in [0.5, 0.6) is 0 Å². The summed E-state index contributed by atoms with van der Waals surface area (Å²) in [5.74, 6) is -0.836. The molecule has 0 aliphatic carbocycles. The Morgan fingerprint density at radius 2 is 1.95 bits per heavy atom. The van der Waals surface area contributed by atoms with Crippen molar-refractivity contribution in [2.24, 2.45) is 0 Å². The zero-order valence-electron chi connectivity index (χ0n) is 13.2.